The average Bonchev–Trinajstić information content (AvgIpc) is 3.03. The van der Waals surface area contributed by atoms with Crippen molar-refractivity contribution < 1.29 is 8.42 Å². The normalized spacial score (nSPS) is 11.4. The van der Waals surface area contributed by atoms with E-state index in [1.165, 1.54) is 29.0 Å². The highest BCUT2D eigenvalue weighted by atomic mass is 35.5. The van der Waals surface area contributed by atoms with Crippen LogP contribution < -0.4 is 4.72 Å². The van der Waals surface area contributed by atoms with Crippen LogP contribution >= 0.6 is 11.6 Å². The molecule has 0 fully saturated rings. The first kappa shape index (κ1) is 13.3. The van der Waals surface area contributed by atoms with E-state index in [2.05, 4.69) is 25.0 Å². The molecular formula is C10H6ClN7O2S. The minimum Gasteiger partial charge on any atom is -0.278 e. The predicted octanol–water partition coefficient (Wildman–Crippen LogP) is 0.778. The van der Waals surface area contributed by atoms with Gasteiger partial charge < -0.3 is 0 Å². The van der Waals surface area contributed by atoms with E-state index in [9.17, 15) is 8.42 Å². The van der Waals surface area contributed by atoms with Gasteiger partial charge in [-0.1, -0.05) is 17.7 Å². The number of sulfonamides is 1. The van der Waals surface area contributed by atoms with Gasteiger partial charge in [0.15, 0.2) is 0 Å². The molecule has 106 valence electrons. The fraction of sp³-hybridized carbons (Fsp3) is 0. The number of aromatic nitrogens is 5. The van der Waals surface area contributed by atoms with E-state index < -0.39 is 10.0 Å². The highest BCUT2D eigenvalue weighted by Crippen LogP contribution is 2.24. The lowest BCUT2D eigenvalue weighted by Crippen LogP contribution is -2.16. The standard InChI is InChI=1S/C10H6ClN7O2S/c11-7-2-1-3-8(6(7)4-12)21(19,20)17-10-16-15-9-13-5-14-18(9)10/h1-3,5H,(H,16,17)(H,13,14,15). The maximum Gasteiger partial charge on any atom is 0.273 e. The first-order chi connectivity index (χ1) is 10.0. The van der Waals surface area contributed by atoms with E-state index in [0.29, 0.717) is 0 Å². The molecule has 3 rings (SSSR count). The van der Waals surface area contributed by atoms with Gasteiger partial charge in [-0.3, -0.25) is 5.10 Å². The molecule has 21 heavy (non-hydrogen) atoms. The van der Waals surface area contributed by atoms with E-state index >= 15 is 0 Å². The fourth-order valence-corrected chi connectivity index (χ4v) is 3.14. The van der Waals surface area contributed by atoms with E-state index in [1.807, 2.05) is 0 Å². The third-order valence-electron chi connectivity index (χ3n) is 2.62. The van der Waals surface area contributed by atoms with Crippen LogP contribution in [0.25, 0.3) is 5.78 Å². The Kier molecular flexibility index (Phi) is 3.00. The molecule has 0 aliphatic heterocycles. The molecule has 2 heterocycles. The highest BCUT2D eigenvalue weighted by Gasteiger charge is 2.23. The summed E-state index contributed by atoms with van der Waals surface area (Å²) in [5, 5.41) is 19.1. The quantitative estimate of drug-likeness (QED) is 0.732. The molecule has 0 aliphatic carbocycles. The van der Waals surface area contributed by atoms with Crippen molar-refractivity contribution in [3.8, 4) is 6.07 Å². The summed E-state index contributed by atoms with van der Waals surface area (Å²) in [5.74, 6) is 0.130. The van der Waals surface area contributed by atoms with Crippen LogP contribution in [0.1, 0.15) is 5.56 Å². The summed E-state index contributed by atoms with van der Waals surface area (Å²) in [4.78, 5) is 3.57. The van der Waals surface area contributed by atoms with Gasteiger partial charge in [0.1, 0.15) is 17.3 Å². The van der Waals surface area contributed by atoms with Crippen LogP contribution in [0.4, 0.5) is 5.95 Å². The van der Waals surface area contributed by atoms with Crippen LogP contribution in [0, 0.1) is 11.3 Å². The molecule has 2 N–H and O–H groups in total. The predicted molar refractivity (Wildman–Crippen MR) is 72.1 cm³/mol. The van der Waals surface area contributed by atoms with Gasteiger partial charge in [-0.25, -0.2) is 13.1 Å². The topological polar surface area (TPSA) is 129 Å². The monoisotopic (exact) mass is 323 g/mol. The van der Waals surface area contributed by atoms with Crippen LogP contribution in [0.2, 0.25) is 5.02 Å². The SMILES string of the molecule is N#Cc1c(Cl)cccc1S(=O)(=O)Nc1nnc2nc[nH]n12. The molecule has 0 radical (unpaired) electrons. The number of hydrogen-bond donors (Lipinski definition) is 2. The number of aromatic amines is 1. The number of fused-ring (bicyclic) bond motifs is 1. The molecule has 9 nitrogen and oxygen atoms in total. The molecule has 0 saturated heterocycles. The van der Waals surface area contributed by atoms with Crippen molar-refractivity contribution >= 4 is 33.4 Å². The van der Waals surface area contributed by atoms with Crippen LogP contribution in [0.5, 0.6) is 0 Å². The van der Waals surface area contributed by atoms with Crippen molar-refractivity contribution in [2.24, 2.45) is 0 Å². The van der Waals surface area contributed by atoms with Gasteiger partial charge in [0.2, 0.25) is 0 Å². The summed E-state index contributed by atoms with van der Waals surface area (Å²) in [5.41, 5.74) is -0.142. The van der Waals surface area contributed by atoms with Crippen molar-refractivity contribution in [2.75, 3.05) is 4.72 Å². The summed E-state index contributed by atoms with van der Waals surface area (Å²) in [6.45, 7) is 0. The van der Waals surface area contributed by atoms with Gasteiger partial charge in [-0.05, 0) is 12.1 Å². The fourth-order valence-electron chi connectivity index (χ4n) is 1.70. The third kappa shape index (κ3) is 2.18. The van der Waals surface area contributed by atoms with Crippen molar-refractivity contribution in [1.29, 1.82) is 5.26 Å². The lowest BCUT2D eigenvalue weighted by Gasteiger charge is -2.07. The zero-order valence-electron chi connectivity index (χ0n) is 10.1. The number of halogens is 1. The molecule has 0 bridgehead atoms. The number of rotatable bonds is 3. The Morgan fingerprint density at radius 3 is 2.95 bits per heavy atom. The second kappa shape index (κ2) is 4.72. The number of anilines is 1. The van der Waals surface area contributed by atoms with E-state index in [4.69, 9.17) is 16.9 Å². The Balaban J connectivity index is 2.08. The first-order valence-electron chi connectivity index (χ1n) is 5.49. The Bertz CT molecular complexity index is 969. The van der Waals surface area contributed by atoms with E-state index in [-0.39, 0.29) is 27.2 Å². The third-order valence-corrected chi connectivity index (χ3v) is 4.30. The van der Waals surface area contributed by atoms with Crippen molar-refractivity contribution in [2.45, 2.75) is 4.90 Å². The van der Waals surface area contributed by atoms with Crippen LogP contribution in [-0.4, -0.2) is 33.2 Å². The molecule has 0 unspecified atom stereocenters. The Morgan fingerprint density at radius 1 is 1.38 bits per heavy atom. The lowest BCUT2D eigenvalue weighted by molar-refractivity contribution is 0.600. The maximum atomic E-state index is 12.4. The van der Waals surface area contributed by atoms with E-state index in [1.54, 1.807) is 6.07 Å². The first-order valence-corrected chi connectivity index (χ1v) is 7.35. The van der Waals surface area contributed by atoms with Crippen molar-refractivity contribution in [3.63, 3.8) is 0 Å². The molecule has 0 aliphatic rings. The van der Waals surface area contributed by atoms with Gasteiger partial charge in [-0.2, -0.15) is 14.8 Å². The second-order valence-electron chi connectivity index (χ2n) is 3.88. The van der Waals surface area contributed by atoms with Gasteiger partial charge >= 0.3 is 0 Å². The number of hydrogen-bond acceptors (Lipinski definition) is 6. The summed E-state index contributed by atoms with van der Waals surface area (Å²) < 4.78 is 28.2. The molecule has 3 aromatic rings. The zero-order chi connectivity index (χ0) is 15.0. The van der Waals surface area contributed by atoms with Crippen molar-refractivity contribution in [1.82, 2.24) is 24.8 Å². The average molecular weight is 324 g/mol. The summed E-state index contributed by atoms with van der Waals surface area (Å²) in [6.07, 6.45) is 1.34. The minimum absolute atomic E-state index is 0.0494. The largest absolute Gasteiger partial charge is 0.278 e. The summed E-state index contributed by atoms with van der Waals surface area (Å²) >= 11 is 5.83. The zero-order valence-corrected chi connectivity index (χ0v) is 11.7. The highest BCUT2D eigenvalue weighted by molar-refractivity contribution is 7.92. The van der Waals surface area contributed by atoms with Gasteiger partial charge in [-0.15, -0.1) is 10.2 Å². The molecule has 0 atom stereocenters. The number of nitrogens with zero attached hydrogens (tertiary/aromatic N) is 5. The smallest absolute Gasteiger partial charge is 0.273 e. The van der Waals surface area contributed by atoms with Gasteiger partial charge in [0, 0.05) is 0 Å². The number of nitriles is 1. The Hall–Kier alpha value is -2.64. The van der Waals surface area contributed by atoms with Gasteiger partial charge in [0.05, 0.1) is 10.6 Å². The summed E-state index contributed by atoms with van der Waals surface area (Å²) in [6, 6.07) is 5.92. The van der Waals surface area contributed by atoms with Crippen LogP contribution in [0.15, 0.2) is 29.4 Å². The molecule has 0 saturated carbocycles. The van der Waals surface area contributed by atoms with E-state index in [0.717, 1.165) is 0 Å². The maximum absolute atomic E-state index is 12.4. The molecule has 11 heteroatoms. The number of benzene rings is 1. The minimum atomic E-state index is -4.05. The van der Waals surface area contributed by atoms with Crippen LogP contribution in [0.3, 0.4) is 0 Å². The Labute approximate surface area is 123 Å². The molecule has 2 aromatic heterocycles. The molecular weight excluding hydrogens is 318 g/mol. The Morgan fingerprint density at radius 2 is 2.19 bits per heavy atom. The van der Waals surface area contributed by atoms with Gasteiger partial charge in [0.25, 0.3) is 21.7 Å². The molecule has 0 spiro atoms. The second-order valence-corrected chi connectivity index (χ2v) is 5.93. The van der Waals surface area contributed by atoms with Crippen LogP contribution in [-0.2, 0) is 10.0 Å². The lowest BCUT2D eigenvalue weighted by atomic mass is 10.2. The number of H-pyrrole nitrogens is 1. The molecule has 0 amide bonds. The number of nitrogens with one attached hydrogen (secondary N) is 2. The molecule has 1 aromatic carbocycles. The summed E-state index contributed by atoms with van der Waals surface area (Å²) in [7, 11) is -4.05. The van der Waals surface area contributed by atoms with Crippen molar-refractivity contribution in [3.05, 3.63) is 35.1 Å².